The van der Waals surface area contributed by atoms with Crippen LogP contribution >= 0.6 is 0 Å². The first-order chi connectivity index (χ1) is 12.0. The van der Waals surface area contributed by atoms with Crippen molar-refractivity contribution >= 4 is 34.0 Å². The van der Waals surface area contributed by atoms with Crippen molar-refractivity contribution in [2.24, 2.45) is 0 Å². The molecule has 0 radical (unpaired) electrons. The van der Waals surface area contributed by atoms with Gasteiger partial charge in [0, 0.05) is 18.5 Å². The second-order valence-electron chi connectivity index (χ2n) is 6.25. The van der Waals surface area contributed by atoms with Crippen molar-refractivity contribution in [2.45, 2.75) is 6.92 Å². The monoisotopic (exact) mass is 331 g/mol. The number of benzene rings is 2. The molecule has 0 atom stereocenters. The maximum atomic E-state index is 12.5. The van der Waals surface area contributed by atoms with E-state index in [9.17, 15) is 9.59 Å². The molecular weight excluding hydrogens is 314 g/mol. The van der Waals surface area contributed by atoms with Crippen LogP contribution in [0.1, 0.15) is 11.3 Å². The lowest BCUT2D eigenvalue weighted by Crippen LogP contribution is -2.26. The maximum absolute atomic E-state index is 12.5. The van der Waals surface area contributed by atoms with Gasteiger partial charge >= 0.3 is 0 Å². The summed E-state index contributed by atoms with van der Waals surface area (Å²) in [4.78, 5) is 25.6. The number of nitrogens with two attached hydrogens (primary N) is 1. The molecule has 0 fully saturated rings. The summed E-state index contributed by atoms with van der Waals surface area (Å²) >= 11 is 0. The van der Waals surface area contributed by atoms with E-state index in [1.54, 1.807) is 0 Å². The van der Waals surface area contributed by atoms with Gasteiger partial charge < -0.3 is 10.3 Å². The van der Waals surface area contributed by atoms with E-state index < -0.39 is 0 Å². The van der Waals surface area contributed by atoms with Crippen molar-refractivity contribution in [1.82, 2.24) is 9.47 Å². The predicted octanol–water partition coefficient (Wildman–Crippen LogP) is 2.90. The zero-order valence-electron chi connectivity index (χ0n) is 14.0. The van der Waals surface area contributed by atoms with Gasteiger partial charge in [-0.2, -0.15) is 0 Å². The van der Waals surface area contributed by atoms with Gasteiger partial charge in [-0.05, 0) is 37.3 Å². The molecule has 0 unspecified atom stereocenters. The molecule has 1 aromatic heterocycles. The predicted molar refractivity (Wildman–Crippen MR) is 98.2 cm³/mol. The summed E-state index contributed by atoms with van der Waals surface area (Å²) in [6, 6.07) is 15.5. The Morgan fingerprint density at radius 2 is 1.76 bits per heavy atom. The number of amides is 2. The second-order valence-corrected chi connectivity index (χ2v) is 6.25. The number of imide groups is 1. The molecule has 3 aromatic rings. The van der Waals surface area contributed by atoms with E-state index in [1.165, 1.54) is 13.1 Å². The third-order valence-electron chi connectivity index (χ3n) is 4.54. The van der Waals surface area contributed by atoms with Crippen LogP contribution in [-0.2, 0) is 9.59 Å². The lowest BCUT2D eigenvalue weighted by molar-refractivity contribution is -0.134. The van der Waals surface area contributed by atoms with Crippen molar-refractivity contribution in [2.75, 3.05) is 12.8 Å². The molecule has 0 bridgehead atoms. The average Bonchev–Trinajstić information content (AvgIpc) is 3.07. The van der Waals surface area contributed by atoms with Gasteiger partial charge in [-0.25, -0.2) is 0 Å². The number of aromatic nitrogens is 1. The number of para-hydroxylation sites is 2. The molecule has 2 N–H and O–H groups in total. The maximum Gasteiger partial charge on any atom is 0.262 e. The number of hydrogen-bond donors (Lipinski definition) is 1. The third-order valence-corrected chi connectivity index (χ3v) is 4.54. The molecule has 1 aliphatic heterocycles. The SMILES string of the molecule is Cc1ccc2c(c1)cc(C1=CC(=O)N(C)C1=O)n2-c1ccccc1N. The average molecular weight is 331 g/mol. The Labute approximate surface area is 145 Å². The minimum atomic E-state index is -0.311. The van der Waals surface area contributed by atoms with Gasteiger partial charge in [0.15, 0.2) is 0 Å². The topological polar surface area (TPSA) is 68.3 Å². The summed E-state index contributed by atoms with van der Waals surface area (Å²) in [7, 11) is 1.49. The van der Waals surface area contributed by atoms with E-state index in [0.717, 1.165) is 27.1 Å². The van der Waals surface area contributed by atoms with Crippen LogP contribution < -0.4 is 5.73 Å². The molecule has 0 saturated heterocycles. The molecular formula is C20H17N3O2. The Morgan fingerprint density at radius 1 is 1.00 bits per heavy atom. The second kappa shape index (κ2) is 5.34. The van der Waals surface area contributed by atoms with Crippen LogP contribution in [0.15, 0.2) is 54.6 Å². The standard InChI is InChI=1S/C20H17N3O2/c1-12-7-8-16-13(9-12)10-18(14-11-19(24)22(2)20(14)25)23(16)17-6-4-3-5-15(17)21/h3-11H,21H2,1-2H3. The lowest BCUT2D eigenvalue weighted by atomic mass is 10.1. The summed E-state index contributed by atoms with van der Waals surface area (Å²) in [5.74, 6) is -0.616. The van der Waals surface area contributed by atoms with Crippen LogP contribution in [0.4, 0.5) is 5.69 Å². The molecule has 2 heterocycles. The first-order valence-corrected chi connectivity index (χ1v) is 7.98. The molecule has 0 saturated carbocycles. The zero-order valence-corrected chi connectivity index (χ0v) is 14.0. The fraction of sp³-hybridized carbons (Fsp3) is 0.100. The molecule has 25 heavy (non-hydrogen) atoms. The van der Waals surface area contributed by atoms with Gasteiger partial charge in [0.2, 0.25) is 0 Å². The van der Waals surface area contributed by atoms with E-state index in [0.29, 0.717) is 17.0 Å². The summed E-state index contributed by atoms with van der Waals surface area (Å²) in [6.07, 6.45) is 1.39. The van der Waals surface area contributed by atoms with Crippen LogP contribution in [-0.4, -0.2) is 28.3 Å². The summed E-state index contributed by atoms with van der Waals surface area (Å²) in [5.41, 5.74) is 10.7. The number of likely N-dealkylation sites (N-methyl/N-ethyl adjacent to an activating group) is 1. The smallest absolute Gasteiger partial charge is 0.262 e. The van der Waals surface area contributed by atoms with Gasteiger partial charge in [-0.15, -0.1) is 0 Å². The number of aryl methyl sites for hydroxylation is 1. The van der Waals surface area contributed by atoms with Gasteiger partial charge in [0.05, 0.1) is 28.2 Å². The number of carbonyl (C=O) groups excluding carboxylic acids is 2. The van der Waals surface area contributed by atoms with Gasteiger partial charge in [-0.3, -0.25) is 14.5 Å². The number of carbonyl (C=O) groups is 2. The highest BCUT2D eigenvalue weighted by molar-refractivity contribution is 6.33. The number of nitrogens with zero attached hydrogens (tertiary/aromatic N) is 2. The van der Waals surface area contributed by atoms with E-state index in [1.807, 2.05) is 54.0 Å². The molecule has 0 spiro atoms. The Morgan fingerprint density at radius 3 is 2.44 bits per heavy atom. The summed E-state index contributed by atoms with van der Waals surface area (Å²) in [5, 5.41) is 0.994. The van der Waals surface area contributed by atoms with E-state index in [-0.39, 0.29) is 11.8 Å². The van der Waals surface area contributed by atoms with Crippen molar-refractivity contribution in [3.05, 3.63) is 65.9 Å². The van der Waals surface area contributed by atoms with Crippen molar-refractivity contribution in [3.63, 3.8) is 0 Å². The van der Waals surface area contributed by atoms with Crippen LogP contribution in [0.2, 0.25) is 0 Å². The van der Waals surface area contributed by atoms with Crippen LogP contribution in [0.5, 0.6) is 0 Å². The minimum absolute atomic E-state index is 0.305. The Balaban J connectivity index is 2.07. The summed E-state index contributed by atoms with van der Waals surface area (Å²) in [6.45, 7) is 2.02. The number of rotatable bonds is 2. The highest BCUT2D eigenvalue weighted by atomic mass is 16.2. The Bertz CT molecular complexity index is 1080. The Kier molecular flexibility index (Phi) is 3.25. The van der Waals surface area contributed by atoms with Crippen LogP contribution in [0.25, 0.3) is 22.2 Å². The number of anilines is 1. The molecule has 2 aromatic carbocycles. The molecule has 124 valence electrons. The third kappa shape index (κ3) is 2.24. The van der Waals surface area contributed by atoms with Gasteiger partial charge in [0.1, 0.15) is 0 Å². The number of hydrogen-bond acceptors (Lipinski definition) is 3. The van der Waals surface area contributed by atoms with Crippen molar-refractivity contribution < 1.29 is 9.59 Å². The Hall–Kier alpha value is -3.34. The van der Waals surface area contributed by atoms with Crippen molar-refractivity contribution in [1.29, 1.82) is 0 Å². The van der Waals surface area contributed by atoms with E-state index in [2.05, 4.69) is 6.07 Å². The molecule has 2 amide bonds. The lowest BCUT2D eigenvalue weighted by Gasteiger charge is -2.14. The molecule has 1 aliphatic rings. The first-order valence-electron chi connectivity index (χ1n) is 7.98. The van der Waals surface area contributed by atoms with Crippen molar-refractivity contribution in [3.8, 4) is 5.69 Å². The highest BCUT2D eigenvalue weighted by Gasteiger charge is 2.31. The highest BCUT2D eigenvalue weighted by Crippen LogP contribution is 2.33. The summed E-state index contributed by atoms with van der Waals surface area (Å²) < 4.78 is 1.94. The molecule has 5 nitrogen and oxygen atoms in total. The molecule has 0 aliphatic carbocycles. The largest absolute Gasteiger partial charge is 0.397 e. The van der Waals surface area contributed by atoms with E-state index >= 15 is 0 Å². The number of fused-ring (bicyclic) bond motifs is 1. The number of nitrogen functional groups attached to an aromatic ring is 1. The van der Waals surface area contributed by atoms with Crippen LogP contribution in [0, 0.1) is 6.92 Å². The van der Waals surface area contributed by atoms with Gasteiger partial charge in [0.25, 0.3) is 11.8 Å². The van der Waals surface area contributed by atoms with Gasteiger partial charge in [-0.1, -0.05) is 23.8 Å². The zero-order chi connectivity index (χ0) is 17.7. The fourth-order valence-corrected chi connectivity index (χ4v) is 3.23. The normalized spacial score (nSPS) is 14.5. The molecule has 5 heteroatoms. The molecule has 4 rings (SSSR count). The minimum Gasteiger partial charge on any atom is -0.397 e. The van der Waals surface area contributed by atoms with Crippen LogP contribution in [0.3, 0.4) is 0 Å². The van der Waals surface area contributed by atoms with E-state index in [4.69, 9.17) is 5.73 Å². The first kappa shape index (κ1) is 15.2. The fourth-order valence-electron chi connectivity index (χ4n) is 3.23. The quantitative estimate of drug-likeness (QED) is 0.580.